The molecule has 5 nitrogen and oxygen atoms in total. The zero-order chi connectivity index (χ0) is 26.8. The lowest BCUT2D eigenvalue weighted by Gasteiger charge is -2.36. The number of aromatic nitrogens is 2. The van der Waals surface area contributed by atoms with Gasteiger partial charge in [-0.3, -0.25) is 9.69 Å². The molecule has 0 radical (unpaired) electrons. The largest absolute Gasteiger partial charge is 0.338 e. The predicted octanol–water partition coefficient (Wildman–Crippen LogP) is 7.10. The number of amides is 1. The Balaban J connectivity index is 1.25. The van der Waals surface area contributed by atoms with Gasteiger partial charge in [0.1, 0.15) is 0 Å². The molecule has 1 amide bonds. The van der Waals surface area contributed by atoms with Gasteiger partial charge in [0.25, 0.3) is 5.91 Å². The third-order valence-corrected chi connectivity index (χ3v) is 8.85. The van der Waals surface area contributed by atoms with Gasteiger partial charge in [0.05, 0.1) is 23.1 Å². The van der Waals surface area contributed by atoms with Crippen molar-refractivity contribution in [2.24, 2.45) is 0 Å². The smallest absolute Gasteiger partial charge is 0.257 e. The number of piperidine rings is 1. The summed E-state index contributed by atoms with van der Waals surface area (Å²) in [6, 6.07) is 29.4. The van der Waals surface area contributed by atoms with Crippen LogP contribution in [0.5, 0.6) is 0 Å². The Morgan fingerprint density at radius 1 is 0.846 bits per heavy atom. The maximum Gasteiger partial charge on any atom is 0.257 e. The second-order valence-corrected chi connectivity index (χ2v) is 11.3. The molecule has 6 heteroatoms. The van der Waals surface area contributed by atoms with Crippen LogP contribution in [0.2, 0.25) is 5.02 Å². The van der Waals surface area contributed by atoms with Crippen molar-refractivity contribution in [2.45, 2.75) is 44.1 Å². The van der Waals surface area contributed by atoms with Crippen molar-refractivity contribution in [3.8, 4) is 5.69 Å². The number of halogens is 1. The molecule has 39 heavy (non-hydrogen) atoms. The molecule has 2 saturated heterocycles. The number of likely N-dealkylation sites (tertiary alicyclic amines) is 2. The number of rotatable bonds is 6. The van der Waals surface area contributed by atoms with Crippen LogP contribution in [0.4, 0.5) is 0 Å². The average Bonchev–Trinajstić information content (AvgIpc) is 3.67. The van der Waals surface area contributed by atoms with E-state index >= 15 is 0 Å². The lowest BCUT2D eigenvalue weighted by Crippen LogP contribution is -2.36. The van der Waals surface area contributed by atoms with Crippen LogP contribution in [0.3, 0.4) is 0 Å². The van der Waals surface area contributed by atoms with Crippen molar-refractivity contribution in [1.29, 1.82) is 0 Å². The van der Waals surface area contributed by atoms with E-state index in [2.05, 4.69) is 66.4 Å². The van der Waals surface area contributed by atoms with Gasteiger partial charge in [0, 0.05) is 36.0 Å². The van der Waals surface area contributed by atoms with E-state index in [1.165, 1.54) is 11.1 Å². The molecule has 2 fully saturated rings. The fourth-order valence-electron chi connectivity index (χ4n) is 6.32. The Labute approximate surface area is 236 Å². The topological polar surface area (TPSA) is 41.4 Å². The van der Waals surface area contributed by atoms with Gasteiger partial charge in [-0.15, -0.1) is 0 Å². The highest BCUT2D eigenvalue weighted by Crippen LogP contribution is 2.36. The first kappa shape index (κ1) is 25.8. The molecule has 6 rings (SSSR count). The lowest BCUT2D eigenvalue weighted by molar-refractivity contribution is 0.0787. The van der Waals surface area contributed by atoms with Gasteiger partial charge >= 0.3 is 0 Å². The summed E-state index contributed by atoms with van der Waals surface area (Å²) in [5.74, 6) is 0.741. The van der Waals surface area contributed by atoms with Crippen LogP contribution in [0.15, 0.2) is 91.1 Å². The van der Waals surface area contributed by atoms with Crippen LogP contribution >= 0.6 is 11.6 Å². The van der Waals surface area contributed by atoms with E-state index in [-0.39, 0.29) is 11.8 Å². The summed E-state index contributed by atoms with van der Waals surface area (Å²) in [7, 11) is 0. The number of benzene rings is 3. The Morgan fingerprint density at radius 3 is 2.18 bits per heavy atom. The molecule has 1 aromatic heterocycles. The van der Waals surface area contributed by atoms with Crippen molar-refractivity contribution < 1.29 is 4.79 Å². The van der Waals surface area contributed by atoms with Gasteiger partial charge in [-0.25, -0.2) is 4.68 Å². The third-order valence-electron chi connectivity index (χ3n) is 8.60. The first-order valence-electron chi connectivity index (χ1n) is 14.1. The van der Waals surface area contributed by atoms with Crippen molar-refractivity contribution in [2.75, 3.05) is 26.2 Å². The van der Waals surface area contributed by atoms with Crippen LogP contribution in [-0.4, -0.2) is 51.7 Å². The minimum absolute atomic E-state index is 0.101. The van der Waals surface area contributed by atoms with Crippen molar-refractivity contribution in [1.82, 2.24) is 19.6 Å². The highest BCUT2D eigenvalue weighted by atomic mass is 35.5. The number of hydrogen-bond donors (Lipinski definition) is 0. The lowest BCUT2D eigenvalue weighted by atomic mass is 9.89. The highest BCUT2D eigenvalue weighted by Gasteiger charge is 2.34. The molecule has 3 heterocycles. The van der Waals surface area contributed by atoms with E-state index in [1.807, 2.05) is 39.9 Å². The molecule has 4 aromatic rings. The van der Waals surface area contributed by atoms with Crippen LogP contribution < -0.4 is 0 Å². The molecule has 2 atom stereocenters. The molecule has 2 aliphatic heterocycles. The summed E-state index contributed by atoms with van der Waals surface area (Å²) < 4.78 is 1.98. The van der Waals surface area contributed by atoms with E-state index in [9.17, 15) is 4.79 Å². The standard InChI is InChI=1S/C33H35ClN4O/c1-24(25-8-4-2-5-9-25)36-19-16-27(17-20-36)32-31(22-35-38(32)30-14-12-29(34)13-15-30)33(39)37-21-18-28(23-37)26-10-6-3-7-11-26/h2-15,22,24,27-28H,16-21,23H2,1H3/t24?,28-/m0/s1. The Bertz CT molecular complexity index is 1390. The molecule has 0 spiro atoms. The summed E-state index contributed by atoms with van der Waals surface area (Å²) in [4.78, 5) is 18.6. The zero-order valence-corrected chi connectivity index (χ0v) is 23.2. The maximum atomic E-state index is 14.0. The normalized spacial score (nSPS) is 19.3. The molecule has 200 valence electrons. The Kier molecular flexibility index (Phi) is 7.53. The van der Waals surface area contributed by atoms with Crippen LogP contribution in [0.25, 0.3) is 5.69 Å². The van der Waals surface area contributed by atoms with Crippen LogP contribution in [-0.2, 0) is 0 Å². The quantitative estimate of drug-likeness (QED) is 0.263. The fraction of sp³-hybridized carbons (Fsp3) is 0.333. The minimum Gasteiger partial charge on any atom is -0.338 e. The molecule has 0 bridgehead atoms. The second-order valence-electron chi connectivity index (χ2n) is 10.9. The van der Waals surface area contributed by atoms with E-state index in [0.29, 0.717) is 17.0 Å². The molecule has 0 saturated carbocycles. The first-order chi connectivity index (χ1) is 19.1. The Morgan fingerprint density at radius 2 is 1.49 bits per heavy atom. The molecule has 0 N–H and O–H groups in total. The van der Waals surface area contributed by atoms with Crippen molar-refractivity contribution >= 4 is 17.5 Å². The fourth-order valence-corrected chi connectivity index (χ4v) is 6.44. The van der Waals surface area contributed by atoms with Crippen molar-refractivity contribution in [3.63, 3.8) is 0 Å². The van der Waals surface area contributed by atoms with Gasteiger partial charge < -0.3 is 4.90 Å². The van der Waals surface area contributed by atoms with Gasteiger partial charge in [0.15, 0.2) is 0 Å². The molecule has 3 aromatic carbocycles. The summed E-state index contributed by atoms with van der Waals surface area (Å²) in [6.45, 7) is 5.79. The van der Waals surface area contributed by atoms with E-state index in [1.54, 1.807) is 6.20 Å². The number of carbonyl (C=O) groups is 1. The van der Waals surface area contributed by atoms with E-state index in [0.717, 1.165) is 62.4 Å². The summed E-state index contributed by atoms with van der Waals surface area (Å²) in [5.41, 5.74) is 5.38. The number of carbonyl (C=O) groups excluding carboxylic acids is 1. The zero-order valence-electron chi connectivity index (χ0n) is 22.4. The predicted molar refractivity (Wildman–Crippen MR) is 157 cm³/mol. The van der Waals surface area contributed by atoms with E-state index in [4.69, 9.17) is 16.7 Å². The molecule has 2 aliphatic rings. The molecular formula is C33H35ClN4O. The monoisotopic (exact) mass is 538 g/mol. The molecule has 1 unspecified atom stereocenters. The molecular weight excluding hydrogens is 504 g/mol. The Hall–Kier alpha value is -3.41. The third kappa shape index (κ3) is 5.39. The first-order valence-corrected chi connectivity index (χ1v) is 14.4. The van der Waals surface area contributed by atoms with Gasteiger partial charge in [-0.2, -0.15) is 5.10 Å². The summed E-state index contributed by atoms with van der Waals surface area (Å²) in [6.07, 6.45) is 4.76. The van der Waals surface area contributed by atoms with Gasteiger partial charge in [-0.1, -0.05) is 72.3 Å². The maximum absolute atomic E-state index is 14.0. The van der Waals surface area contributed by atoms with Crippen LogP contribution in [0.1, 0.15) is 71.2 Å². The summed E-state index contributed by atoms with van der Waals surface area (Å²) in [5, 5.41) is 5.47. The number of nitrogens with zero attached hydrogens (tertiary/aromatic N) is 4. The number of hydrogen-bond acceptors (Lipinski definition) is 3. The van der Waals surface area contributed by atoms with E-state index < -0.39 is 0 Å². The average molecular weight is 539 g/mol. The summed E-state index contributed by atoms with van der Waals surface area (Å²) >= 11 is 6.19. The SMILES string of the molecule is CC(c1ccccc1)N1CCC(c2c(C(=O)N3CC[C@H](c4ccccc4)C3)cnn2-c2ccc(Cl)cc2)CC1. The molecule has 0 aliphatic carbocycles. The second kappa shape index (κ2) is 11.4. The van der Waals surface area contributed by atoms with Crippen LogP contribution in [0, 0.1) is 0 Å². The van der Waals surface area contributed by atoms with Gasteiger partial charge in [-0.05, 0) is 74.7 Å². The minimum atomic E-state index is 0.101. The van der Waals surface area contributed by atoms with Gasteiger partial charge in [0.2, 0.25) is 0 Å². The highest BCUT2D eigenvalue weighted by molar-refractivity contribution is 6.30. The van der Waals surface area contributed by atoms with Crippen molar-refractivity contribution in [3.05, 3.63) is 119 Å².